The number of halogens is 2. The molecule has 1 saturated heterocycles. The third-order valence-electron chi connectivity index (χ3n) is 5.69. The van der Waals surface area contributed by atoms with Gasteiger partial charge >= 0.3 is 0 Å². The summed E-state index contributed by atoms with van der Waals surface area (Å²) in [6.45, 7) is 3.08. The van der Waals surface area contributed by atoms with Gasteiger partial charge in [-0.2, -0.15) is 0 Å². The van der Waals surface area contributed by atoms with Crippen molar-refractivity contribution in [2.24, 2.45) is 5.92 Å². The van der Waals surface area contributed by atoms with Crippen molar-refractivity contribution in [3.05, 3.63) is 77.2 Å². The van der Waals surface area contributed by atoms with Crippen LogP contribution in [0.4, 0.5) is 8.78 Å². The van der Waals surface area contributed by atoms with Crippen molar-refractivity contribution in [1.82, 2.24) is 4.90 Å². The third-order valence-corrected chi connectivity index (χ3v) is 8.49. The Kier molecular flexibility index (Phi) is 6.28. The Bertz CT molecular complexity index is 1120. The fourth-order valence-electron chi connectivity index (χ4n) is 4.04. The van der Waals surface area contributed by atoms with E-state index in [0.717, 1.165) is 32.5 Å². The van der Waals surface area contributed by atoms with E-state index in [9.17, 15) is 17.2 Å². The first kappa shape index (κ1) is 22.1. The van der Waals surface area contributed by atoms with Crippen LogP contribution in [0.15, 0.2) is 70.9 Å². The monoisotopic (exact) mass is 461 g/mol. The highest BCUT2D eigenvalue weighted by Crippen LogP contribution is 2.30. The van der Waals surface area contributed by atoms with Gasteiger partial charge in [-0.1, -0.05) is 42.5 Å². The summed E-state index contributed by atoms with van der Waals surface area (Å²) in [6, 6.07) is 17.8. The average molecular weight is 462 g/mol. The van der Waals surface area contributed by atoms with Crippen molar-refractivity contribution in [2.45, 2.75) is 30.7 Å². The second-order valence-electron chi connectivity index (χ2n) is 8.26. The van der Waals surface area contributed by atoms with Gasteiger partial charge in [-0.05, 0) is 53.6 Å². The van der Waals surface area contributed by atoms with E-state index in [1.807, 2.05) is 6.07 Å². The first-order valence-corrected chi connectivity index (χ1v) is 12.8. The zero-order chi connectivity index (χ0) is 22.1. The van der Waals surface area contributed by atoms with Gasteiger partial charge in [-0.15, -0.1) is 11.3 Å². The molecule has 0 amide bonds. The normalized spacial score (nSPS) is 17.8. The lowest BCUT2D eigenvalue weighted by Crippen LogP contribution is -2.23. The largest absolute Gasteiger partial charge is 0.299 e. The van der Waals surface area contributed by atoms with Gasteiger partial charge in [0.2, 0.25) is 0 Å². The number of sulfone groups is 1. The molecule has 0 saturated carbocycles. The number of rotatable bonds is 7. The summed E-state index contributed by atoms with van der Waals surface area (Å²) >= 11 is 1.71. The zero-order valence-electron chi connectivity index (χ0n) is 17.3. The van der Waals surface area contributed by atoms with Crippen LogP contribution < -0.4 is 0 Å². The predicted octanol–water partition coefficient (Wildman–Crippen LogP) is 5.82. The number of alkyl halides is 2. The Hall–Kier alpha value is -2.09. The van der Waals surface area contributed by atoms with Gasteiger partial charge in [0.15, 0.2) is 9.84 Å². The van der Waals surface area contributed by atoms with E-state index in [1.165, 1.54) is 34.2 Å². The molecule has 0 aliphatic carbocycles. The number of hydrogen-bond donors (Lipinski definition) is 0. The number of likely N-dealkylation sites (tertiary alicyclic amines) is 1. The molecule has 0 N–H and O–H groups in total. The molecular formula is C24H25F2NO2S2. The number of benzene rings is 2. The maximum Gasteiger partial charge on any atom is 0.270 e. The molecule has 2 heterocycles. The Morgan fingerprint density at radius 1 is 1.10 bits per heavy atom. The molecule has 3 nitrogen and oxygen atoms in total. The van der Waals surface area contributed by atoms with Crippen molar-refractivity contribution in [3.63, 3.8) is 0 Å². The molecule has 31 heavy (non-hydrogen) atoms. The molecule has 164 valence electrons. The lowest BCUT2D eigenvalue weighted by molar-refractivity contribution is 0.0172. The van der Waals surface area contributed by atoms with Crippen molar-refractivity contribution in [3.8, 4) is 10.4 Å². The standard InChI is InChI=1S/C24H25F2NO2S2/c1-24(25,26)21-4-2-5-22(14-21)31(28,29)17-19-11-12-27(16-19)15-18-7-9-20(10-8-18)23-6-3-13-30-23/h2-10,13-14,19H,11-12,15-17H2,1H3/t19-/m1/s1. The SMILES string of the molecule is CC(F)(F)c1cccc(S(=O)(=O)C[C@@H]2CCN(Cc3ccc(-c4cccs4)cc3)C2)c1. The Labute approximate surface area is 186 Å². The van der Waals surface area contributed by atoms with Crippen LogP contribution in [0.2, 0.25) is 0 Å². The van der Waals surface area contributed by atoms with Gasteiger partial charge < -0.3 is 0 Å². The van der Waals surface area contributed by atoms with Crippen LogP contribution in [-0.4, -0.2) is 32.2 Å². The Balaban J connectivity index is 1.37. The van der Waals surface area contributed by atoms with E-state index in [-0.39, 0.29) is 22.1 Å². The molecule has 1 fully saturated rings. The van der Waals surface area contributed by atoms with Crippen LogP contribution in [0.3, 0.4) is 0 Å². The minimum Gasteiger partial charge on any atom is -0.299 e. The number of nitrogens with zero attached hydrogens (tertiary/aromatic N) is 1. The van der Waals surface area contributed by atoms with E-state index in [4.69, 9.17) is 0 Å². The highest BCUT2D eigenvalue weighted by molar-refractivity contribution is 7.91. The number of thiophene rings is 1. The molecule has 7 heteroatoms. The first-order valence-electron chi connectivity index (χ1n) is 10.3. The molecular weight excluding hydrogens is 436 g/mol. The quantitative estimate of drug-likeness (QED) is 0.445. The fraction of sp³-hybridized carbons (Fsp3) is 0.333. The van der Waals surface area contributed by atoms with Crippen LogP contribution in [0.25, 0.3) is 10.4 Å². The molecule has 1 aromatic heterocycles. The van der Waals surface area contributed by atoms with Gasteiger partial charge in [-0.3, -0.25) is 4.90 Å². The minimum absolute atomic E-state index is 0.00110. The average Bonchev–Trinajstić information content (AvgIpc) is 3.40. The van der Waals surface area contributed by atoms with Crippen LogP contribution in [0.5, 0.6) is 0 Å². The van der Waals surface area contributed by atoms with Crippen molar-refractivity contribution >= 4 is 21.2 Å². The molecule has 3 aromatic rings. The van der Waals surface area contributed by atoms with Crippen LogP contribution in [0.1, 0.15) is 24.5 Å². The maximum absolute atomic E-state index is 13.6. The van der Waals surface area contributed by atoms with E-state index in [1.54, 1.807) is 11.3 Å². The minimum atomic E-state index is -3.61. The van der Waals surface area contributed by atoms with Crippen LogP contribution >= 0.6 is 11.3 Å². The summed E-state index contributed by atoms with van der Waals surface area (Å²) in [5.41, 5.74) is 2.12. The van der Waals surface area contributed by atoms with E-state index < -0.39 is 15.8 Å². The summed E-state index contributed by atoms with van der Waals surface area (Å²) in [5, 5.41) is 2.06. The highest BCUT2D eigenvalue weighted by Gasteiger charge is 2.30. The van der Waals surface area contributed by atoms with Crippen LogP contribution in [-0.2, 0) is 22.3 Å². The van der Waals surface area contributed by atoms with Gasteiger partial charge in [-0.25, -0.2) is 17.2 Å². The molecule has 2 aromatic carbocycles. The van der Waals surface area contributed by atoms with Gasteiger partial charge in [0.1, 0.15) is 0 Å². The summed E-state index contributed by atoms with van der Waals surface area (Å²) in [7, 11) is -3.61. The molecule has 0 bridgehead atoms. The summed E-state index contributed by atoms with van der Waals surface area (Å²) in [6.07, 6.45) is 0.788. The van der Waals surface area contributed by atoms with E-state index in [2.05, 4.69) is 40.6 Å². The smallest absolute Gasteiger partial charge is 0.270 e. The van der Waals surface area contributed by atoms with E-state index in [0.29, 0.717) is 6.54 Å². The molecule has 0 radical (unpaired) electrons. The topological polar surface area (TPSA) is 37.4 Å². The Morgan fingerprint density at radius 2 is 1.87 bits per heavy atom. The van der Waals surface area contributed by atoms with Gasteiger partial charge in [0, 0.05) is 30.5 Å². The first-order chi connectivity index (χ1) is 14.7. The number of hydrogen-bond acceptors (Lipinski definition) is 4. The third kappa shape index (κ3) is 5.40. The summed E-state index contributed by atoms with van der Waals surface area (Å²) < 4.78 is 52.8. The Morgan fingerprint density at radius 3 is 2.55 bits per heavy atom. The molecule has 0 unspecified atom stereocenters. The zero-order valence-corrected chi connectivity index (χ0v) is 18.9. The molecule has 1 aliphatic heterocycles. The highest BCUT2D eigenvalue weighted by atomic mass is 32.2. The fourth-order valence-corrected chi connectivity index (χ4v) is 6.45. The molecule has 0 spiro atoms. The van der Waals surface area contributed by atoms with Gasteiger partial charge in [0.05, 0.1) is 10.6 Å². The molecule has 4 rings (SSSR count). The van der Waals surface area contributed by atoms with E-state index >= 15 is 0 Å². The van der Waals surface area contributed by atoms with Crippen LogP contribution in [0, 0.1) is 5.92 Å². The lowest BCUT2D eigenvalue weighted by Gasteiger charge is -2.17. The van der Waals surface area contributed by atoms with Crippen molar-refractivity contribution in [1.29, 1.82) is 0 Å². The second-order valence-corrected chi connectivity index (χ2v) is 11.2. The van der Waals surface area contributed by atoms with Crippen molar-refractivity contribution in [2.75, 3.05) is 18.8 Å². The maximum atomic E-state index is 13.6. The molecule has 1 aliphatic rings. The van der Waals surface area contributed by atoms with Crippen molar-refractivity contribution < 1.29 is 17.2 Å². The molecule has 1 atom stereocenters. The van der Waals surface area contributed by atoms with Gasteiger partial charge in [0.25, 0.3) is 5.92 Å². The summed E-state index contributed by atoms with van der Waals surface area (Å²) in [5.74, 6) is -3.07. The summed E-state index contributed by atoms with van der Waals surface area (Å²) in [4.78, 5) is 3.48. The second kappa shape index (κ2) is 8.81. The lowest BCUT2D eigenvalue weighted by atomic mass is 10.1. The predicted molar refractivity (Wildman–Crippen MR) is 121 cm³/mol.